The van der Waals surface area contributed by atoms with Crippen LogP contribution in [0.4, 0.5) is 0 Å². The maximum atomic E-state index is 12.8. The molecule has 0 aromatic carbocycles. The van der Waals surface area contributed by atoms with E-state index >= 15 is 0 Å². The zero-order chi connectivity index (χ0) is 15.5. The highest BCUT2D eigenvalue weighted by atomic mass is 16.5. The Morgan fingerprint density at radius 3 is 2.91 bits per heavy atom. The summed E-state index contributed by atoms with van der Waals surface area (Å²) in [6.07, 6.45) is 5.04. The van der Waals surface area contributed by atoms with Crippen molar-refractivity contribution in [2.75, 3.05) is 6.54 Å². The zero-order valence-electron chi connectivity index (χ0n) is 13.2. The molecule has 3 rings (SSSR count). The minimum atomic E-state index is -0.0954. The van der Waals surface area contributed by atoms with E-state index < -0.39 is 0 Å². The van der Waals surface area contributed by atoms with Gasteiger partial charge in [0.2, 0.25) is 5.76 Å². The second-order valence-corrected chi connectivity index (χ2v) is 5.85. The summed E-state index contributed by atoms with van der Waals surface area (Å²) in [5.74, 6) is 2.05. The molecule has 1 atom stereocenters. The molecule has 5 nitrogen and oxygen atoms in total. The summed E-state index contributed by atoms with van der Waals surface area (Å²) in [6, 6.07) is 5.69. The Morgan fingerprint density at radius 1 is 1.36 bits per heavy atom. The highest BCUT2D eigenvalue weighted by Gasteiger charge is 2.31. The first-order valence-electron chi connectivity index (χ1n) is 8.02. The van der Waals surface area contributed by atoms with Crippen LogP contribution in [-0.2, 0) is 6.42 Å². The van der Waals surface area contributed by atoms with E-state index in [1.54, 1.807) is 6.07 Å². The average Bonchev–Trinajstić information content (AvgIpc) is 3.10. The van der Waals surface area contributed by atoms with Gasteiger partial charge in [0.15, 0.2) is 0 Å². The van der Waals surface area contributed by atoms with Crippen molar-refractivity contribution in [2.45, 2.75) is 52.0 Å². The number of likely N-dealkylation sites (tertiary alicyclic amines) is 1. The van der Waals surface area contributed by atoms with Crippen LogP contribution in [0, 0.1) is 6.92 Å². The lowest BCUT2D eigenvalue weighted by Crippen LogP contribution is -2.34. The fourth-order valence-corrected chi connectivity index (χ4v) is 3.02. The molecule has 1 unspecified atom stereocenters. The van der Waals surface area contributed by atoms with Crippen molar-refractivity contribution in [3.63, 3.8) is 0 Å². The second-order valence-electron chi connectivity index (χ2n) is 5.85. The lowest BCUT2D eigenvalue weighted by Gasteiger charge is -2.27. The van der Waals surface area contributed by atoms with Gasteiger partial charge in [-0.2, -0.15) is 0 Å². The van der Waals surface area contributed by atoms with Gasteiger partial charge in [0.1, 0.15) is 11.5 Å². The van der Waals surface area contributed by atoms with Crippen LogP contribution < -0.4 is 0 Å². The van der Waals surface area contributed by atoms with Crippen LogP contribution in [0.15, 0.2) is 27.1 Å². The highest BCUT2D eigenvalue weighted by Crippen LogP contribution is 2.32. The normalized spacial score (nSPS) is 19.2. The molecule has 1 amide bonds. The van der Waals surface area contributed by atoms with Crippen LogP contribution in [0.25, 0.3) is 0 Å². The fraction of sp³-hybridized carbons (Fsp3) is 0.529. The van der Waals surface area contributed by atoms with Crippen LogP contribution in [0.3, 0.4) is 0 Å². The number of furan rings is 1. The molecule has 1 saturated heterocycles. The van der Waals surface area contributed by atoms with Crippen LogP contribution in [-0.4, -0.2) is 22.5 Å². The van der Waals surface area contributed by atoms with Crippen LogP contribution in [0.5, 0.6) is 0 Å². The summed E-state index contributed by atoms with van der Waals surface area (Å²) in [4.78, 5) is 14.7. The molecule has 0 aliphatic carbocycles. The summed E-state index contributed by atoms with van der Waals surface area (Å²) >= 11 is 0. The van der Waals surface area contributed by atoms with Crippen molar-refractivity contribution >= 4 is 5.91 Å². The molecular formula is C17H22N2O3. The van der Waals surface area contributed by atoms with E-state index in [0.29, 0.717) is 5.76 Å². The van der Waals surface area contributed by atoms with E-state index in [0.717, 1.165) is 55.9 Å². The summed E-state index contributed by atoms with van der Waals surface area (Å²) in [5, 5.41) is 3.83. The molecule has 118 valence electrons. The standard InChI is InChI=1S/C17H22N2O3/c1-3-13-8-9-15(21-13)14-7-5-4-6-10-19(14)17(20)16-11-12(2)18-22-16/h8-9,11,14H,3-7,10H2,1-2H3. The SMILES string of the molecule is CCc1ccc(C2CCCCCN2C(=O)c2cc(C)no2)o1. The molecule has 2 aromatic heterocycles. The average molecular weight is 302 g/mol. The summed E-state index contributed by atoms with van der Waals surface area (Å²) < 4.78 is 11.1. The van der Waals surface area contributed by atoms with Crippen molar-refractivity contribution < 1.29 is 13.7 Å². The number of amides is 1. The molecule has 0 radical (unpaired) electrons. The lowest BCUT2D eigenvalue weighted by atomic mass is 10.1. The molecule has 0 spiro atoms. The van der Waals surface area contributed by atoms with Crippen molar-refractivity contribution in [3.05, 3.63) is 41.2 Å². The molecule has 1 fully saturated rings. The van der Waals surface area contributed by atoms with E-state index in [-0.39, 0.29) is 11.9 Å². The Labute approximate surface area is 130 Å². The summed E-state index contributed by atoms with van der Waals surface area (Å²) in [6.45, 7) is 4.61. The third-order valence-corrected chi connectivity index (χ3v) is 4.21. The van der Waals surface area contributed by atoms with E-state index in [2.05, 4.69) is 12.1 Å². The Bertz CT molecular complexity index is 644. The molecule has 3 heterocycles. The van der Waals surface area contributed by atoms with Gasteiger partial charge in [-0.1, -0.05) is 24.9 Å². The Kier molecular flexibility index (Phi) is 4.32. The number of rotatable bonds is 3. The number of hydrogen-bond acceptors (Lipinski definition) is 4. The first-order chi connectivity index (χ1) is 10.7. The minimum absolute atomic E-state index is 0.0132. The van der Waals surface area contributed by atoms with E-state index in [9.17, 15) is 4.79 Å². The second kappa shape index (κ2) is 6.38. The molecule has 22 heavy (non-hydrogen) atoms. The predicted molar refractivity (Wildman–Crippen MR) is 81.6 cm³/mol. The van der Waals surface area contributed by atoms with Gasteiger partial charge in [-0.05, 0) is 31.9 Å². The first kappa shape index (κ1) is 14.9. The monoisotopic (exact) mass is 302 g/mol. The summed E-state index contributed by atoms with van der Waals surface area (Å²) in [7, 11) is 0. The van der Waals surface area contributed by atoms with E-state index in [1.807, 2.05) is 24.0 Å². The van der Waals surface area contributed by atoms with Gasteiger partial charge >= 0.3 is 0 Å². The molecule has 0 saturated carbocycles. The van der Waals surface area contributed by atoms with Gasteiger partial charge in [0, 0.05) is 19.0 Å². The Hall–Kier alpha value is -2.04. The van der Waals surface area contributed by atoms with Gasteiger partial charge in [-0.25, -0.2) is 0 Å². The number of carbonyl (C=O) groups is 1. The van der Waals surface area contributed by atoms with Gasteiger partial charge in [-0.3, -0.25) is 4.79 Å². The minimum Gasteiger partial charge on any atom is -0.464 e. The Balaban J connectivity index is 1.88. The van der Waals surface area contributed by atoms with Crippen molar-refractivity contribution in [3.8, 4) is 0 Å². The topological polar surface area (TPSA) is 59.5 Å². The summed E-state index contributed by atoms with van der Waals surface area (Å²) in [5.41, 5.74) is 0.723. The largest absolute Gasteiger partial charge is 0.464 e. The third-order valence-electron chi connectivity index (χ3n) is 4.21. The highest BCUT2D eigenvalue weighted by molar-refractivity contribution is 5.91. The zero-order valence-corrected chi connectivity index (χ0v) is 13.2. The predicted octanol–water partition coefficient (Wildman–Crippen LogP) is 3.90. The Morgan fingerprint density at radius 2 is 2.23 bits per heavy atom. The maximum Gasteiger partial charge on any atom is 0.293 e. The molecule has 2 aromatic rings. The maximum absolute atomic E-state index is 12.8. The van der Waals surface area contributed by atoms with Gasteiger partial charge in [0.05, 0.1) is 11.7 Å². The number of aromatic nitrogens is 1. The number of nitrogens with zero attached hydrogens (tertiary/aromatic N) is 2. The van der Waals surface area contributed by atoms with Crippen LogP contribution in [0.2, 0.25) is 0 Å². The molecule has 0 bridgehead atoms. The first-order valence-corrected chi connectivity index (χ1v) is 8.02. The molecular weight excluding hydrogens is 280 g/mol. The quantitative estimate of drug-likeness (QED) is 0.863. The van der Waals surface area contributed by atoms with E-state index in [1.165, 1.54) is 0 Å². The third kappa shape index (κ3) is 2.93. The van der Waals surface area contributed by atoms with Crippen molar-refractivity contribution in [1.29, 1.82) is 0 Å². The molecule has 0 N–H and O–H groups in total. The van der Waals surface area contributed by atoms with Gasteiger partial charge in [-0.15, -0.1) is 0 Å². The molecule has 5 heteroatoms. The molecule has 1 aliphatic heterocycles. The van der Waals surface area contributed by atoms with Crippen molar-refractivity contribution in [2.24, 2.45) is 0 Å². The molecule has 1 aliphatic rings. The number of carbonyl (C=O) groups excluding carboxylic acids is 1. The number of hydrogen-bond donors (Lipinski definition) is 0. The van der Waals surface area contributed by atoms with Crippen LogP contribution in [0.1, 0.15) is 66.4 Å². The fourth-order valence-electron chi connectivity index (χ4n) is 3.02. The van der Waals surface area contributed by atoms with Crippen molar-refractivity contribution in [1.82, 2.24) is 10.1 Å². The lowest BCUT2D eigenvalue weighted by molar-refractivity contribution is 0.0614. The van der Waals surface area contributed by atoms with Crippen LogP contribution >= 0.6 is 0 Å². The van der Waals surface area contributed by atoms with Gasteiger partial charge < -0.3 is 13.8 Å². The van der Waals surface area contributed by atoms with E-state index in [4.69, 9.17) is 8.94 Å². The van der Waals surface area contributed by atoms with Gasteiger partial charge in [0.25, 0.3) is 5.91 Å². The smallest absolute Gasteiger partial charge is 0.293 e. The number of aryl methyl sites for hydroxylation is 2.